The molecule has 0 saturated heterocycles. The Morgan fingerprint density at radius 3 is 2.64 bits per heavy atom. The highest BCUT2D eigenvalue weighted by atomic mass is 35.5. The van der Waals surface area contributed by atoms with Crippen LogP contribution in [0.3, 0.4) is 0 Å². The third-order valence-corrected chi connectivity index (χ3v) is 2.49. The van der Waals surface area contributed by atoms with Gasteiger partial charge < -0.3 is 5.11 Å². The van der Waals surface area contributed by atoms with Crippen LogP contribution in [0.25, 0.3) is 0 Å². The van der Waals surface area contributed by atoms with Crippen molar-refractivity contribution in [2.75, 3.05) is 11.0 Å². The molecule has 0 saturated carbocycles. The molecule has 14 heavy (non-hydrogen) atoms. The zero-order valence-electron chi connectivity index (χ0n) is 7.49. The Labute approximate surface area is 87.6 Å². The van der Waals surface area contributed by atoms with Crippen LogP contribution in [0.2, 0.25) is 5.02 Å². The summed E-state index contributed by atoms with van der Waals surface area (Å²) in [6.07, 6.45) is 1.06. The second kappa shape index (κ2) is 4.16. The Hall–Kier alpha value is -0.780. The van der Waals surface area contributed by atoms with E-state index in [4.69, 9.17) is 16.7 Å². The number of sulfonamides is 1. The smallest absolute Gasteiger partial charge is 0.229 e. The van der Waals surface area contributed by atoms with Gasteiger partial charge in [-0.1, -0.05) is 11.6 Å². The molecule has 1 aromatic rings. The number of rotatable bonds is 3. The Morgan fingerprint density at radius 2 is 2.14 bits per heavy atom. The Bertz CT molecular complexity index is 430. The average Bonchev–Trinajstić information content (AvgIpc) is 2.06. The van der Waals surface area contributed by atoms with E-state index in [1.54, 1.807) is 0 Å². The Kier molecular flexibility index (Phi) is 3.36. The molecule has 4 nitrogen and oxygen atoms in total. The fourth-order valence-corrected chi connectivity index (χ4v) is 1.71. The summed E-state index contributed by atoms with van der Waals surface area (Å²) in [5.41, 5.74) is 0.876. The third-order valence-electron chi connectivity index (χ3n) is 1.52. The molecule has 0 atom stereocenters. The first-order valence-corrected chi connectivity index (χ1v) is 6.06. The molecule has 0 bridgehead atoms. The van der Waals surface area contributed by atoms with Crippen LogP contribution in [0.4, 0.5) is 5.69 Å². The van der Waals surface area contributed by atoms with Gasteiger partial charge in [0.15, 0.2) is 0 Å². The monoisotopic (exact) mass is 235 g/mol. The van der Waals surface area contributed by atoms with Crippen LogP contribution in [-0.4, -0.2) is 19.8 Å². The largest absolute Gasteiger partial charge is 0.392 e. The van der Waals surface area contributed by atoms with E-state index in [2.05, 4.69) is 4.72 Å². The summed E-state index contributed by atoms with van der Waals surface area (Å²) >= 11 is 5.73. The standard InChI is InChI=1S/C8H10ClNO3S/c1-14(12,13)10-7-2-3-8(9)6(4-7)5-11/h2-4,10-11H,5H2,1H3. The average molecular weight is 236 g/mol. The van der Waals surface area contributed by atoms with Crippen molar-refractivity contribution in [3.63, 3.8) is 0 Å². The molecule has 0 heterocycles. The van der Waals surface area contributed by atoms with Crippen LogP contribution in [0, 0.1) is 0 Å². The van der Waals surface area contributed by atoms with Crippen molar-refractivity contribution < 1.29 is 13.5 Å². The number of nitrogens with one attached hydrogen (secondary N) is 1. The quantitative estimate of drug-likeness (QED) is 0.828. The van der Waals surface area contributed by atoms with Crippen molar-refractivity contribution in [2.45, 2.75) is 6.61 Å². The normalized spacial score (nSPS) is 11.4. The number of hydrogen-bond acceptors (Lipinski definition) is 3. The first kappa shape index (κ1) is 11.3. The fraction of sp³-hybridized carbons (Fsp3) is 0.250. The lowest BCUT2D eigenvalue weighted by Crippen LogP contribution is -2.09. The van der Waals surface area contributed by atoms with E-state index in [-0.39, 0.29) is 6.61 Å². The maximum Gasteiger partial charge on any atom is 0.229 e. The van der Waals surface area contributed by atoms with Crippen LogP contribution in [0.5, 0.6) is 0 Å². The molecule has 0 aromatic heterocycles. The summed E-state index contributed by atoms with van der Waals surface area (Å²) in [4.78, 5) is 0. The highest BCUT2D eigenvalue weighted by molar-refractivity contribution is 7.92. The highest BCUT2D eigenvalue weighted by Crippen LogP contribution is 2.20. The molecule has 0 radical (unpaired) electrons. The number of halogens is 1. The minimum absolute atomic E-state index is 0.224. The van der Waals surface area contributed by atoms with Crippen molar-refractivity contribution in [1.82, 2.24) is 0 Å². The van der Waals surface area contributed by atoms with E-state index in [0.717, 1.165) is 6.26 Å². The maximum atomic E-state index is 10.9. The van der Waals surface area contributed by atoms with Crippen LogP contribution in [-0.2, 0) is 16.6 Å². The summed E-state index contributed by atoms with van der Waals surface area (Å²) in [5.74, 6) is 0. The van der Waals surface area contributed by atoms with Gasteiger partial charge in [-0.05, 0) is 23.8 Å². The van der Waals surface area contributed by atoms with Crippen molar-refractivity contribution in [3.8, 4) is 0 Å². The van der Waals surface area contributed by atoms with E-state index < -0.39 is 10.0 Å². The zero-order valence-corrected chi connectivity index (χ0v) is 9.06. The van der Waals surface area contributed by atoms with E-state index >= 15 is 0 Å². The molecule has 2 N–H and O–H groups in total. The summed E-state index contributed by atoms with van der Waals surface area (Å²) in [5, 5.41) is 9.29. The molecule has 6 heteroatoms. The first-order valence-electron chi connectivity index (χ1n) is 3.79. The van der Waals surface area contributed by atoms with Crippen LogP contribution < -0.4 is 4.72 Å². The Morgan fingerprint density at radius 1 is 1.50 bits per heavy atom. The molecular weight excluding hydrogens is 226 g/mol. The van der Waals surface area contributed by atoms with E-state index in [1.807, 2.05) is 0 Å². The first-order chi connectivity index (χ1) is 6.42. The minimum atomic E-state index is -3.29. The fourth-order valence-electron chi connectivity index (χ4n) is 0.973. The summed E-state index contributed by atoms with van der Waals surface area (Å²) < 4.78 is 24.0. The number of hydrogen-bond donors (Lipinski definition) is 2. The third kappa shape index (κ3) is 3.17. The van der Waals surface area contributed by atoms with Gasteiger partial charge in [0.1, 0.15) is 0 Å². The van der Waals surface area contributed by atoms with Crippen molar-refractivity contribution in [2.24, 2.45) is 0 Å². The molecule has 0 amide bonds. The van der Waals surface area contributed by atoms with Crippen molar-refractivity contribution in [3.05, 3.63) is 28.8 Å². The predicted molar refractivity (Wildman–Crippen MR) is 55.8 cm³/mol. The van der Waals surface area contributed by atoms with Gasteiger partial charge in [-0.25, -0.2) is 8.42 Å². The second-order valence-electron chi connectivity index (χ2n) is 2.84. The summed E-state index contributed by atoms with van der Waals surface area (Å²) in [7, 11) is -3.29. The van der Waals surface area contributed by atoms with Crippen molar-refractivity contribution in [1.29, 1.82) is 0 Å². The molecule has 0 aliphatic carbocycles. The van der Waals surface area contributed by atoms with E-state index in [0.29, 0.717) is 16.3 Å². The van der Waals surface area contributed by atoms with Crippen LogP contribution in [0.1, 0.15) is 5.56 Å². The van der Waals surface area contributed by atoms with Gasteiger partial charge in [-0.15, -0.1) is 0 Å². The molecule has 0 spiro atoms. The van der Waals surface area contributed by atoms with Gasteiger partial charge in [0.05, 0.1) is 12.9 Å². The van der Waals surface area contributed by atoms with E-state index in [9.17, 15) is 8.42 Å². The van der Waals surface area contributed by atoms with Gasteiger partial charge in [0.2, 0.25) is 10.0 Å². The summed E-state index contributed by atoms with van der Waals surface area (Å²) in [6, 6.07) is 4.55. The lowest BCUT2D eigenvalue weighted by Gasteiger charge is -2.06. The minimum Gasteiger partial charge on any atom is -0.392 e. The predicted octanol–water partition coefficient (Wildman–Crippen LogP) is 1.20. The van der Waals surface area contributed by atoms with Gasteiger partial charge >= 0.3 is 0 Å². The number of aliphatic hydroxyl groups excluding tert-OH is 1. The molecule has 1 rings (SSSR count). The lowest BCUT2D eigenvalue weighted by molar-refractivity contribution is 0.282. The van der Waals surface area contributed by atoms with Gasteiger partial charge in [0, 0.05) is 10.7 Å². The molecule has 0 unspecified atom stereocenters. The van der Waals surface area contributed by atoms with Gasteiger partial charge in [0.25, 0.3) is 0 Å². The molecule has 78 valence electrons. The van der Waals surface area contributed by atoms with E-state index in [1.165, 1.54) is 18.2 Å². The molecule has 0 aliphatic rings. The second-order valence-corrected chi connectivity index (χ2v) is 4.99. The van der Waals surface area contributed by atoms with Gasteiger partial charge in [-0.2, -0.15) is 0 Å². The number of benzene rings is 1. The summed E-state index contributed by atoms with van der Waals surface area (Å²) in [6.45, 7) is -0.224. The topological polar surface area (TPSA) is 66.4 Å². The Balaban J connectivity index is 3.01. The van der Waals surface area contributed by atoms with Crippen molar-refractivity contribution >= 4 is 27.3 Å². The molecule has 0 fully saturated rings. The number of anilines is 1. The molecular formula is C8H10ClNO3S. The van der Waals surface area contributed by atoms with Gasteiger partial charge in [-0.3, -0.25) is 4.72 Å². The van der Waals surface area contributed by atoms with Crippen LogP contribution >= 0.6 is 11.6 Å². The lowest BCUT2D eigenvalue weighted by atomic mass is 10.2. The molecule has 0 aliphatic heterocycles. The van der Waals surface area contributed by atoms with Crippen LogP contribution in [0.15, 0.2) is 18.2 Å². The molecule has 1 aromatic carbocycles. The maximum absolute atomic E-state index is 10.9. The number of aliphatic hydroxyl groups is 1. The SMILES string of the molecule is CS(=O)(=O)Nc1ccc(Cl)c(CO)c1. The zero-order chi connectivity index (χ0) is 10.8. The highest BCUT2D eigenvalue weighted by Gasteiger charge is 2.04.